The second-order valence-electron chi connectivity index (χ2n) is 9.16. The fraction of sp³-hybridized carbons (Fsp3) is 0.720. The minimum Gasteiger partial charge on any atom is -0.493 e. The summed E-state index contributed by atoms with van der Waals surface area (Å²) in [5.41, 5.74) is 2.84. The standard InChI is InChI=1S/C25H42N4O3.HI/c1-4-26-24(28-19-25(11-15-30)9-6-5-7-10-25)27-12-14-29-13-8-20-16-22(31-2)23(32-3)17-21(20)18-29;/h16-17,30H,4-15,18-19H2,1-3H3,(H2,26,27,28);1H. The molecule has 33 heavy (non-hydrogen) atoms. The van der Waals surface area contributed by atoms with Gasteiger partial charge in [-0.15, -0.1) is 24.0 Å². The maximum absolute atomic E-state index is 9.57. The highest BCUT2D eigenvalue weighted by atomic mass is 127. The molecule has 0 spiro atoms. The molecule has 1 aromatic carbocycles. The fourth-order valence-corrected chi connectivity index (χ4v) is 5.08. The minimum atomic E-state index is 0. The highest BCUT2D eigenvalue weighted by molar-refractivity contribution is 14.0. The van der Waals surface area contributed by atoms with Crippen LogP contribution in [-0.4, -0.2) is 69.5 Å². The van der Waals surface area contributed by atoms with E-state index in [4.69, 9.17) is 14.5 Å². The summed E-state index contributed by atoms with van der Waals surface area (Å²) >= 11 is 0. The molecule has 7 nitrogen and oxygen atoms in total. The lowest BCUT2D eigenvalue weighted by Gasteiger charge is -2.35. The van der Waals surface area contributed by atoms with Gasteiger partial charge in [-0.05, 0) is 61.3 Å². The number of aliphatic imine (C=N–C) groups is 1. The summed E-state index contributed by atoms with van der Waals surface area (Å²) in [5.74, 6) is 2.50. The number of methoxy groups -OCH3 is 2. The smallest absolute Gasteiger partial charge is 0.191 e. The predicted molar refractivity (Wildman–Crippen MR) is 145 cm³/mol. The second kappa shape index (κ2) is 14.2. The summed E-state index contributed by atoms with van der Waals surface area (Å²) < 4.78 is 10.9. The van der Waals surface area contributed by atoms with E-state index in [1.54, 1.807) is 14.2 Å². The molecular weight excluding hydrogens is 531 g/mol. The average molecular weight is 575 g/mol. The summed E-state index contributed by atoms with van der Waals surface area (Å²) in [5, 5.41) is 16.5. The number of nitrogens with one attached hydrogen (secondary N) is 2. The molecule has 0 radical (unpaired) electrons. The lowest BCUT2D eigenvalue weighted by atomic mass is 9.72. The molecule has 0 bridgehead atoms. The van der Waals surface area contributed by atoms with Gasteiger partial charge in [-0.2, -0.15) is 0 Å². The number of hydrogen-bond donors (Lipinski definition) is 3. The molecule has 8 heteroatoms. The van der Waals surface area contributed by atoms with Gasteiger partial charge in [-0.3, -0.25) is 9.89 Å². The second-order valence-corrected chi connectivity index (χ2v) is 9.16. The van der Waals surface area contributed by atoms with Crippen LogP contribution in [-0.2, 0) is 13.0 Å². The molecule has 1 aromatic rings. The molecule has 1 aliphatic heterocycles. The van der Waals surface area contributed by atoms with Gasteiger partial charge in [0.1, 0.15) is 0 Å². The van der Waals surface area contributed by atoms with Gasteiger partial charge >= 0.3 is 0 Å². The van der Waals surface area contributed by atoms with Crippen molar-refractivity contribution < 1.29 is 14.6 Å². The quantitative estimate of drug-likeness (QED) is 0.226. The summed E-state index contributed by atoms with van der Waals surface area (Å²) in [4.78, 5) is 7.39. The van der Waals surface area contributed by atoms with Crippen molar-refractivity contribution in [2.75, 3.05) is 53.6 Å². The Labute approximate surface area is 216 Å². The minimum absolute atomic E-state index is 0. The van der Waals surface area contributed by atoms with Crippen LogP contribution in [0.25, 0.3) is 0 Å². The van der Waals surface area contributed by atoms with Gasteiger partial charge in [0.05, 0.1) is 14.2 Å². The van der Waals surface area contributed by atoms with E-state index >= 15 is 0 Å². The van der Waals surface area contributed by atoms with Crippen molar-refractivity contribution in [1.82, 2.24) is 15.5 Å². The normalized spacial score (nSPS) is 18.1. The third-order valence-corrected chi connectivity index (χ3v) is 6.99. The van der Waals surface area contributed by atoms with E-state index in [0.717, 1.165) is 69.6 Å². The monoisotopic (exact) mass is 574 g/mol. The Bertz CT molecular complexity index is 748. The molecule has 0 aromatic heterocycles. The van der Waals surface area contributed by atoms with Crippen LogP contribution < -0.4 is 20.1 Å². The number of rotatable bonds is 10. The molecule has 2 aliphatic rings. The Morgan fingerprint density at radius 1 is 1.09 bits per heavy atom. The van der Waals surface area contributed by atoms with Crippen LogP contribution >= 0.6 is 24.0 Å². The number of hydrogen-bond acceptors (Lipinski definition) is 5. The van der Waals surface area contributed by atoms with Crippen LogP contribution in [0.1, 0.15) is 56.6 Å². The lowest BCUT2D eigenvalue weighted by molar-refractivity contribution is 0.137. The van der Waals surface area contributed by atoms with E-state index < -0.39 is 0 Å². The predicted octanol–water partition coefficient (Wildman–Crippen LogP) is 3.57. The molecule has 1 heterocycles. The van der Waals surface area contributed by atoms with Crippen LogP contribution in [0, 0.1) is 5.41 Å². The van der Waals surface area contributed by atoms with E-state index in [1.165, 1.54) is 43.2 Å². The first-order chi connectivity index (χ1) is 15.6. The maximum atomic E-state index is 9.57. The van der Waals surface area contributed by atoms with Crippen LogP contribution in [0.15, 0.2) is 17.1 Å². The summed E-state index contributed by atoms with van der Waals surface area (Å²) in [6, 6.07) is 4.23. The molecular formula is C25H43IN4O3. The van der Waals surface area contributed by atoms with Crippen molar-refractivity contribution in [2.45, 2.75) is 58.4 Å². The number of fused-ring (bicyclic) bond motifs is 1. The molecule has 0 unspecified atom stereocenters. The maximum Gasteiger partial charge on any atom is 0.191 e. The van der Waals surface area contributed by atoms with Crippen molar-refractivity contribution in [2.24, 2.45) is 10.4 Å². The van der Waals surface area contributed by atoms with Crippen LogP contribution in [0.5, 0.6) is 11.5 Å². The van der Waals surface area contributed by atoms with Crippen LogP contribution in [0.4, 0.5) is 0 Å². The first kappa shape index (κ1) is 28.0. The van der Waals surface area contributed by atoms with Crippen LogP contribution in [0.2, 0.25) is 0 Å². The number of aliphatic hydroxyl groups excluding tert-OH is 1. The van der Waals surface area contributed by atoms with Crippen LogP contribution in [0.3, 0.4) is 0 Å². The molecule has 1 aliphatic carbocycles. The van der Waals surface area contributed by atoms with Gasteiger partial charge in [-0.25, -0.2) is 0 Å². The van der Waals surface area contributed by atoms with Crippen molar-refractivity contribution in [3.63, 3.8) is 0 Å². The third kappa shape index (κ3) is 7.89. The molecule has 1 saturated carbocycles. The first-order valence-electron chi connectivity index (χ1n) is 12.2. The van der Waals surface area contributed by atoms with E-state index in [0.29, 0.717) is 0 Å². The molecule has 0 amide bonds. The van der Waals surface area contributed by atoms with Gasteiger partial charge in [0.15, 0.2) is 17.5 Å². The first-order valence-corrected chi connectivity index (χ1v) is 12.2. The zero-order chi connectivity index (χ0) is 22.8. The zero-order valence-corrected chi connectivity index (χ0v) is 23.0. The zero-order valence-electron chi connectivity index (χ0n) is 20.6. The highest BCUT2D eigenvalue weighted by Crippen LogP contribution is 2.39. The topological polar surface area (TPSA) is 78.4 Å². The number of aliphatic hydroxyl groups is 1. The summed E-state index contributed by atoms with van der Waals surface area (Å²) in [6.45, 7) is 7.76. The number of guanidine groups is 1. The van der Waals surface area contributed by atoms with E-state index in [1.807, 2.05) is 0 Å². The Morgan fingerprint density at radius 2 is 1.79 bits per heavy atom. The summed E-state index contributed by atoms with van der Waals surface area (Å²) in [7, 11) is 3.38. The van der Waals surface area contributed by atoms with E-state index in [9.17, 15) is 5.11 Å². The number of halogens is 1. The molecule has 188 valence electrons. The van der Waals surface area contributed by atoms with Gasteiger partial charge in [-0.1, -0.05) is 19.3 Å². The molecule has 0 saturated heterocycles. The lowest BCUT2D eigenvalue weighted by Crippen LogP contribution is -2.43. The van der Waals surface area contributed by atoms with Gasteiger partial charge in [0, 0.05) is 45.9 Å². The summed E-state index contributed by atoms with van der Waals surface area (Å²) in [6.07, 6.45) is 8.06. The van der Waals surface area contributed by atoms with Gasteiger partial charge in [0.25, 0.3) is 0 Å². The SMILES string of the molecule is CCNC(=NCC1(CCO)CCCCC1)NCCN1CCc2cc(OC)c(OC)cc2C1.I. The molecule has 1 fully saturated rings. The molecule has 3 rings (SSSR count). The van der Waals surface area contributed by atoms with Crippen molar-refractivity contribution in [3.05, 3.63) is 23.3 Å². The highest BCUT2D eigenvalue weighted by Gasteiger charge is 2.31. The fourth-order valence-electron chi connectivity index (χ4n) is 5.08. The van der Waals surface area contributed by atoms with E-state index in [-0.39, 0.29) is 36.0 Å². The third-order valence-electron chi connectivity index (χ3n) is 6.99. The van der Waals surface area contributed by atoms with Gasteiger partial charge < -0.3 is 25.2 Å². The van der Waals surface area contributed by atoms with Gasteiger partial charge in [0.2, 0.25) is 0 Å². The Kier molecular flexibility index (Phi) is 12.0. The van der Waals surface area contributed by atoms with Crippen molar-refractivity contribution in [3.8, 4) is 11.5 Å². The Hall–Kier alpha value is -1.26. The largest absolute Gasteiger partial charge is 0.493 e. The molecule has 0 atom stereocenters. The number of benzene rings is 1. The number of nitrogens with zero attached hydrogens (tertiary/aromatic N) is 2. The number of ether oxygens (including phenoxy) is 2. The Morgan fingerprint density at radius 3 is 2.42 bits per heavy atom. The average Bonchev–Trinajstić information content (AvgIpc) is 2.82. The molecule has 3 N–H and O–H groups in total. The Balaban J connectivity index is 0.00000385. The van der Waals surface area contributed by atoms with Crippen molar-refractivity contribution in [1.29, 1.82) is 0 Å². The van der Waals surface area contributed by atoms with Crippen molar-refractivity contribution >= 4 is 29.9 Å². The van der Waals surface area contributed by atoms with E-state index in [2.05, 4.69) is 34.6 Å².